The van der Waals surface area contributed by atoms with E-state index in [0.29, 0.717) is 35.4 Å². The number of rotatable bonds is 22. The highest BCUT2D eigenvalue weighted by Crippen LogP contribution is 2.35. The summed E-state index contributed by atoms with van der Waals surface area (Å²) in [6.07, 6.45) is 10.4. The van der Waals surface area contributed by atoms with E-state index in [1.165, 1.54) is 56.7 Å². The number of fused-ring (bicyclic) bond motifs is 1. The second-order valence-corrected chi connectivity index (χ2v) is 17.4. The van der Waals surface area contributed by atoms with Crippen LogP contribution in [-0.2, 0) is 28.3 Å². The van der Waals surface area contributed by atoms with Gasteiger partial charge in [0.15, 0.2) is 0 Å². The molecule has 11 heteroatoms. The summed E-state index contributed by atoms with van der Waals surface area (Å²) in [6, 6.07) is 35.2. The molecule has 3 N–H and O–H groups in total. The number of nitrogens with one attached hydrogen (secondary N) is 2. The molecule has 0 bridgehead atoms. The van der Waals surface area contributed by atoms with E-state index in [1.807, 2.05) is 90.5 Å². The zero-order chi connectivity index (χ0) is 42.5. The van der Waals surface area contributed by atoms with Gasteiger partial charge in [0.2, 0.25) is 21.9 Å². The number of ketones is 1. The molecule has 0 radical (unpaired) electrons. The lowest BCUT2D eigenvalue weighted by molar-refractivity contribution is -0.120. The molecular formula is C49H54ClN3O6S. The van der Waals surface area contributed by atoms with Gasteiger partial charge in [-0.1, -0.05) is 149 Å². The van der Waals surface area contributed by atoms with Crippen LogP contribution in [0.2, 0.25) is 5.02 Å². The summed E-state index contributed by atoms with van der Waals surface area (Å²) in [6.45, 7) is 2.53. The Labute approximate surface area is 358 Å². The van der Waals surface area contributed by atoms with Crippen LogP contribution in [-0.4, -0.2) is 42.4 Å². The molecule has 314 valence electrons. The summed E-state index contributed by atoms with van der Waals surface area (Å²) < 4.78 is 37.3. The number of phenolic OH excluding ortho intramolecular Hbond substituents is 1. The Morgan fingerprint density at radius 1 is 0.750 bits per heavy atom. The van der Waals surface area contributed by atoms with Crippen molar-refractivity contribution in [2.75, 3.05) is 11.9 Å². The highest BCUT2D eigenvalue weighted by Gasteiger charge is 2.35. The molecule has 1 unspecified atom stereocenters. The van der Waals surface area contributed by atoms with E-state index in [-0.39, 0.29) is 21.4 Å². The molecule has 0 aliphatic carbocycles. The van der Waals surface area contributed by atoms with Crippen molar-refractivity contribution in [3.8, 4) is 22.8 Å². The van der Waals surface area contributed by atoms with Gasteiger partial charge in [0, 0.05) is 24.5 Å². The number of halogens is 1. The number of anilines is 1. The number of aromatic hydroxyl groups is 1. The summed E-state index contributed by atoms with van der Waals surface area (Å²) in [5.41, 5.74) is 4.63. The molecule has 1 aromatic heterocycles. The van der Waals surface area contributed by atoms with Crippen LogP contribution in [0.15, 0.2) is 126 Å². The Bertz CT molecular complexity index is 2470. The molecule has 1 heterocycles. The summed E-state index contributed by atoms with van der Waals surface area (Å²) in [5, 5.41) is 13.1. The molecule has 6 rings (SSSR count). The van der Waals surface area contributed by atoms with Gasteiger partial charge in [-0.05, 0) is 78.1 Å². The maximum atomic E-state index is 14.9. The molecule has 1 amide bonds. The third-order valence-corrected chi connectivity index (χ3v) is 12.5. The van der Waals surface area contributed by atoms with Gasteiger partial charge in [0.1, 0.15) is 11.5 Å². The smallest absolute Gasteiger partial charge is 0.273 e. The average molecular weight is 849 g/mol. The van der Waals surface area contributed by atoms with Crippen molar-refractivity contribution in [1.82, 2.24) is 9.29 Å². The van der Waals surface area contributed by atoms with Crippen molar-refractivity contribution in [1.29, 1.82) is 0 Å². The molecule has 0 saturated carbocycles. The standard InChI is InChI=1S/C49H54ClN3O6S/c1-3-4-5-6-7-8-9-10-11-17-32-51-60(57,58)40-30-31-43(42(50)34-40)52-49(56)48(59-39-28-24-36(25-29-39)33-35-22-26-38(54)27-23-35)47(55)45-41-20-15-16-21-44(41)53(2)46(45)37-18-13-12-14-19-37/h12-16,18-31,34,48,51,54H,3-11,17,32-33H2,1-2H3,(H,52,56). The quantitative estimate of drug-likeness (QED) is 0.0355. The fraction of sp³-hybridized carbons (Fsp3) is 0.306. The lowest BCUT2D eigenvalue weighted by Crippen LogP contribution is -2.40. The number of carbonyl (C=O) groups excluding carboxylic acids is 2. The number of hydrogen-bond donors (Lipinski definition) is 3. The van der Waals surface area contributed by atoms with Crippen LogP contribution in [0, 0.1) is 0 Å². The summed E-state index contributed by atoms with van der Waals surface area (Å²) in [4.78, 5) is 29.2. The molecule has 0 fully saturated rings. The van der Waals surface area contributed by atoms with Crippen molar-refractivity contribution in [3.63, 3.8) is 0 Å². The lowest BCUT2D eigenvalue weighted by atomic mass is 9.98. The molecule has 9 nitrogen and oxygen atoms in total. The number of carbonyl (C=O) groups is 2. The van der Waals surface area contributed by atoms with Crippen molar-refractivity contribution in [2.45, 2.75) is 88.6 Å². The van der Waals surface area contributed by atoms with Crippen molar-refractivity contribution in [3.05, 3.63) is 143 Å². The van der Waals surface area contributed by atoms with Crippen molar-refractivity contribution in [2.24, 2.45) is 7.05 Å². The van der Waals surface area contributed by atoms with Crippen LogP contribution >= 0.6 is 11.6 Å². The Kier molecular flexibility index (Phi) is 15.6. The van der Waals surface area contributed by atoms with Gasteiger partial charge in [-0.2, -0.15) is 0 Å². The Morgan fingerprint density at radius 2 is 1.35 bits per heavy atom. The minimum Gasteiger partial charge on any atom is -0.508 e. The number of nitrogens with zero attached hydrogens (tertiary/aromatic N) is 1. The molecular weight excluding hydrogens is 794 g/mol. The van der Waals surface area contributed by atoms with Gasteiger partial charge >= 0.3 is 0 Å². The average Bonchev–Trinajstić information content (AvgIpc) is 3.55. The van der Waals surface area contributed by atoms with E-state index >= 15 is 0 Å². The van der Waals surface area contributed by atoms with Crippen LogP contribution in [0.4, 0.5) is 5.69 Å². The molecule has 6 aromatic rings. The predicted octanol–water partition coefficient (Wildman–Crippen LogP) is 11.3. The number of para-hydroxylation sites is 1. The number of unbranched alkanes of at least 4 members (excludes halogenated alkanes) is 9. The van der Waals surface area contributed by atoms with Gasteiger partial charge < -0.3 is 19.7 Å². The van der Waals surface area contributed by atoms with Gasteiger partial charge in [-0.3, -0.25) is 9.59 Å². The summed E-state index contributed by atoms with van der Waals surface area (Å²) >= 11 is 6.64. The predicted molar refractivity (Wildman–Crippen MR) is 242 cm³/mol. The van der Waals surface area contributed by atoms with Crippen LogP contribution in [0.5, 0.6) is 11.5 Å². The summed E-state index contributed by atoms with van der Waals surface area (Å²) in [5.74, 6) is -0.868. The number of benzene rings is 5. The fourth-order valence-electron chi connectivity index (χ4n) is 7.47. The summed E-state index contributed by atoms with van der Waals surface area (Å²) in [7, 11) is -1.98. The largest absolute Gasteiger partial charge is 0.508 e. The van der Waals surface area contributed by atoms with Crippen molar-refractivity contribution < 1.29 is 27.9 Å². The van der Waals surface area contributed by atoms with E-state index in [0.717, 1.165) is 47.9 Å². The SMILES string of the molecule is CCCCCCCCCCCCNS(=O)(=O)c1ccc(NC(=O)C(Oc2ccc(Cc3ccc(O)cc3)cc2)C(=O)c2c(-c3ccccc3)n(C)c3ccccc23)c(Cl)c1. The highest BCUT2D eigenvalue weighted by atomic mass is 35.5. The Morgan fingerprint density at radius 3 is 2.00 bits per heavy atom. The first kappa shape index (κ1) is 44.1. The van der Waals surface area contributed by atoms with Gasteiger partial charge in [-0.15, -0.1) is 0 Å². The molecule has 0 saturated heterocycles. The number of phenols is 1. The molecule has 0 spiro atoms. The van der Waals surface area contributed by atoms with Crippen LogP contribution in [0.1, 0.15) is 92.6 Å². The Hall–Kier alpha value is -5.42. The van der Waals surface area contributed by atoms with Gasteiger partial charge in [0.05, 0.1) is 26.9 Å². The van der Waals surface area contributed by atoms with E-state index in [1.54, 1.807) is 24.3 Å². The van der Waals surface area contributed by atoms with E-state index in [4.69, 9.17) is 16.3 Å². The minimum atomic E-state index is -3.86. The molecule has 0 aliphatic heterocycles. The second kappa shape index (κ2) is 21.2. The van der Waals surface area contributed by atoms with E-state index in [2.05, 4.69) is 17.0 Å². The van der Waals surface area contributed by atoms with Gasteiger partial charge in [0.25, 0.3) is 5.91 Å². The van der Waals surface area contributed by atoms with E-state index in [9.17, 15) is 23.1 Å². The number of amides is 1. The van der Waals surface area contributed by atoms with E-state index < -0.39 is 27.8 Å². The minimum absolute atomic E-state index is 0.00919. The monoisotopic (exact) mass is 847 g/mol. The second-order valence-electron chi connectivity index (χ2n) is 15.2. The fourth-order valence-corrected chi connectivity index (χ4v) is 8.86. The number of ether oxygens (including phenoxy) is 1. The number of Topliss-reactive ketones (excluding diaryl/α,β-unsaturated/α-hetero) is 1. The first-order valence-electron chi connectivity index (χ1n) is 20.9. The van der Waals surface area contributed by atoms with Crippen LogP contribution in [0.25, 0.3) is 22.2 Å². The molecule has 0 aliphatic rings. The first-order valence-corrected chi connectivity index (χ1v) is 22.7. The van der Waals surface area contributed by atoms with Crippen molar-refractivity contribution >= 4 is 49.9 Å². The third-order valence-electron chi connectivity index (χ3n) is 10.7. The topological polar surface area (TPSA) is 127 Å². The van der Waals surface area contributed by atoms with Gasteiger partial charge in [-0.25, -0.2) is 13.1 Å². The maximum absolute atomic E-state index is 14.9. The first-order chi connectivity index (χ1) is 29.1. The third kappa shape index (κ3) is 11.4. The number of sulfonamides is 1. The lowest BCUT2D eigenvalue weighted by Gasteiger charge is -2.20. The van der Waals surface area contributed by atoms with Crippen LogP contribution < -0.4 is 14.8 Å². The Balaban J connectivity index is 1.20. The number of hydrogen-bond acceptors (Lipinski definition) is 6. The zero-order valence-corrected chi connectivity index (χ0v) is 35.9. The van der Waals surface area contributed by atoms with Crippen LogP contribution in [0.3, 0.4) is 0 Å². The normalized spacial score (nSPS) is 12.1. The molecule has 1 atom stereocenters. The molecule has 60 heavy (non-hydrogen) atoms. The number of aryl methyl sites for hydroxylation is 1. The maximum Gasteiger partial charge on any atom is 0.273 e. The highest BCUT2D eigenvalue weighted by molar-refractivity contribution is 7.89. The molecule has 5 aromatic carbocycles. The number of aromatic nitrogens is 1. The zero-order valence-electron chi connectivity index (χ0n) is 34.3.